The average Bonchev–Trinajstić information content (AvgIpc) is 3.95. The van der Waals surface area contributed by atoms with Crippen molar-refractivity contribution in [3.05, 3.63) is 218 Å². The van der Waals surface area contributed by atoms with Crippen LogP contribution >= 0.6 is 11.3 Å². The van der Waals surface area contributed by atoms with Crippen LogP contribution in [0.1, 0.15) is 0 Å². The molecule has 0 saturated heterocycles. The average molecular weight is 773 g/mol. The lowest BCUT2D eigenvalue weighted by Crippen LogP contribution is -2.74. The number of fused-ring (bicyclic) bond motifs is 10. The second-order valence-corrected chi connectivity index (χ2v) is 20.1. The topological polar surface area (TPSA) is 9.86 Å². The Labute approximate surface area is 341 Å². The second-order valence-electron chi connectivity index (χ2n) is 15.2. The van der Waals surface area contributed by atoms with Gasteiger partial charge in [-0.3, -0.25) is 0 Å². The van der Waals surface area contributed by atoms with Crippen molar-refractivity contribution in [3.8, 4) is 11.4 Å². The Balaban J connectivity index is 1.16. The molecule has 0 bridgehead atoms. The Morgan fingerprint density at radius 3 is 1.57 bits per heavy atom. The van der Waals surface area contributed by atoms with Gasteiger partial charge in [0.05, 0.1) is 22.1 Å². The molecule has 0 amide bonds. The Hall–Kier alpha value is -6.98. The molecule has 3 aromatic heterocycles. The zero-order valence-electron chi connectivity index (χ0n) is 31.6. The fourth-order valence-corrected chi connectivity index (χ4v) is 15.9. The van der Waals surface area contributed by atoms with Crippen molar-refractivity contribution < 1.29 is 0 Å². The van der Waals surface area contributed by atoms with Crippen LogP contribution in [0.3, 0.4) is 0 Å². The first kappa shape index (κ1) is 33.2. The van der Waals surface area contributed by atoms with Crippen LogP contribution in [0.4, 0.5) is 0 Å². The number of hydrogen-bond acceptors (Lipinski definition) is 1. The van der Waals surface area contributed by atoms with Gasteiger partial charge < -0.3 is 9.13 Å². The third kappa shape index (κ3) is 4.76. The Morgan fingerprint density at radius 2 is 0.828 bits per heavy atom. The maximum atomic E-state index is 2.52. The minimum atomic E-state index is -2.94. The molecule has 0 aliphatic rings. The van der Waals surface area contributed by atoms with Crippen LogP contribution < -0.4 is 20.7 Å². The van der Waals surface area contributed by atoms with E-state index < -0.39 is 8.07 Å². The van der Waals surface area contributed by atoms with Gasteiger partial charge in [0.25, 0.3) is 0 Å². The van der Waals surface area contributed by atoms with Crippen LogP contribution in [0.5, 0.6) is 0 Å². The molecule has 0 aliphatic heterocycles. The predicted octanol–water partition coefficient (Wildman–Crippen LogP) is 11.6. The highest BCUT2D eigenvalue weighted by Gasteiger charge is 2.42. The zero-order valence-corrected chi connectivity index (χ0v) is 33.4. The summed E-state index contributed by atoms with van der Waals surface area (Å²) in [4.78, 5) is 0. The van der Waals surface area contributed by atoms with Crippen molar-refractivity contribution in [1.82, 2.24) is 9.13 Å². The molecule has 0 atom stereocenters. The van der Waals surface area contributed by atoms with Gasteiger partial charge in [0, 0.05) is 53.1 Å². The molecule has 0 saturated carbocycles. The number of thiophene rings is 1. The van der Waals surface area contributed by atoms with E-state index >= 15 is 0 Å². The molecule has 0 unspecified atom stereocenters. The van der Waals surface area contributed by atoms with E-state index in [-0.39, 0.29) is 0 Å². The fraction of sp³-hybridized carbons (Fsp3) is 0. The summed E-state index contributed by atoms with van der Waals surface area (Å²) in [6, 6.07) is 81.5. The lowest BCUT2D eigenvalue weighted by Gasteiger charge is -2.35. The summed E-state index contributed by atoms with van der Waals surface area (Å²) in [6.45, 7) is 0. The normalized spacial score (nSPS) is 12.1. The van der Waals surface area contributed by atoms with E-state index in [1.54, 1.807) is 0 Å². The van der Waals surface area contributed by atoms with Crippen molar-refractivity contribution in [1.29, 1.82) is 0 Å². The van der Waals surface area contributed by atoms with Gasteiger partial charge in [0.1, 0.15) is 0 Å². The van der Waals surface area contributed by atoms with E-state index in [0.717, 1.165) is 0 Å². The van der Waals surface area contributed by atoms with Crippen LogP contribution in [0.25, 0.3) is 75.2 Å². The molecule has 12 aromatic rings. The van der Waals surface area contributed by atoms with Gasteiger partial charge in [-0.05, 0) is 75.3 Å². The van der Waals surface area contributed by atoms with Gasteiger partial charge in [0.15, 0.2) is 8.07 Å². The molecular weight excluding hydrogens is 737 g/mol. The fourth-order valence-electron chi connectivity index (χ4n) is 9.83. The van der Waals surface area contributed by atoms with E-state index in [2.05, 4.69) is 228 Å². The van der Waals surface area contributed by atoms with E-state index in [1.165, 1.54) is 95.9 Å². The molecule has 0 radical (unpaired) electrons. The monoisotopic (exact) mass is 772 g/mol. The molecule has 0 aliphatic carbocycles. The number of aromatic nitrogens is 2. The molecule has 2 nitrogen and oxygen atoms in total. The lowest BCUT2D eigenvalue weighted by molar-refractivity contribution is 1.18. The maximum Gasteiger partial charge on any atom is 0.179 e. The highest BCUT2D eigenvalue weighted by atomic mass is 32.1. The van der Waals surface area contributed by atoms with Gasteiger partial charge in [-0.2, -0.15) is 0 Å². The van der Waals surface area contributed by atoms with Crippen molar-refractivity contribution in [2.45, 2.75) is 0 Å². The van der Waals surface area contributed by atoms with Crippen molar-refractivity contribution in [2.24, 2.45) is 0 Å². The second kappa shape index (κ2) is 13.0. The molecule has 3 heterocycles. The molecule has 4 heteroatoms. The minimum Gasteiger partial charge on any atom is -0.309 e. The first-order valence-electron chi connectivity index (χ1n) is 19.9. The van der Waals surface area contributed by atoms with Crippen LogP contribution in [-0.4, -0.2) is 17.2 Å². The standard InChI is InChI=1S/C54H36N2SSi/c1-4-17-37(18-5-1)55-48-28-13-10-25-43(48)47-36-42(31-33-50(47)55)58(39-20-6-2-7-21-39,40-22-8-3-9-23-40)41-24-16-19-38(35-41)56-49-29-14-11-27-46(49)53-51(56)34-32-45-44-26-12-15-30-52(44)57-54(45)53/h1-36H. The largest absolute Gasteiger partial charge is 0.309 e. The molecule has 0 N–H and O–H groups in total. The molecular formula is C54H36N2SSi. The number of nitrogens with zero attached hydrogens (tertiary/aromatic N) is 2. The summed E-state index contributed by atoms with van der Waals surface area (Å²) in [7, 11) is -2.94. The van der Waals surface area contributed by atoms with Gasteiger partial charge in [-0.15, -0.1) is 11.3 Å². The molecule has 12 rings (SSSR count). The van der Waals surface area contributed by atoms with Crippen LogP contribution in [-0.2, 0) is 0 Å². The van der Waals surface area contributed by atoms with Gasteiger partial charge >= 0.3 is 0 Å². The molecule has 0 fully saturated rings. The van der Waals surface area contributed by atoms with Gasteiger partial charge in [-0.25, -0.2) is 0 Å². The molecule has 0 spiro atoms. The number of para-hydroxylation sites is 3. The van der Waals surface area contributed by atoms with Gasteiger partial charge in [-0.1, -0.05) is 164 Å². The molecule has 58 heavy (non-hydrogen) atoms. The Bertz CT molecular complexity index is 3470. The highest BCUT2D eigenvalue weighted by molar-refractivity contribution is 7.26. The van der Waals surface area contributed by atoms with Crippen LogP contribution in [0, 0.1) is 0 Å². The summed E-state index contributed by atoms with van der Waals surface area (Å²) < 4.78 is 7.60. The van der Waals surface area contributed by atoms with E-state index in [4.69, 9.17) is 0 Å². The van der Waals surface area contributed by atoms with Crippen molar-refractivity contribution in [2.75, 3.05) is 0 Å². The van der Waals surface area contributed by atoms with Crippen LogP contribution in [0.15, 0.2) is 218 Å². The molecule has 9 aromatic carbocycles. The van der Waals surface area contributed by atoms with Crippen LogP contribution in [0.2, 0.25) is 0 Å². The lowest BCUT2D eigenvalue weighted by atomic mass is 10.1. The SMILES string of the molecule is c1ccc(-n2c3ccccc3c3cc([Si](c4ccccc4)(c4ccccc4)c4cccc(-n5c6ccccc6c6c7sc8ccccc8c7ccc65)c4)ccc32)cc1. The predicted molar refractivity (Wildman–Crippen MR) is 252 cm³/mol. The number of benzene rings is 9. The van der Waals surface area contributed by atoms with E-state index in [1.807, 2.05) is 11.3 Å². The summed E-state index contributed by atoms with van der Waals surface area (Å²) in [6.07, 6.45) is 0. The minimum absolute atomic E-state index is 1.17. The van der Waals surface area contributed by atoms with Crippen molar-refractivity contribution >= 4 is 104 Å². The summed E-state index contributed by atoms with van der Waals surface area (Å²) >= 11 is 1.91. The maximum absolute atomic E-state index is 2.94. The number of hydrogen-bond donors (Lipinski definition) is 0. The highest BCUT2D eigenvalue weighted by Crippen LogP contribution is 2.43. The Morgan fingerprint density at radius 1 is 0.310 bits per heavy atom. The van der Waals surface area contributed by atoms with E-state index in [0.29, 0.717) is 0 Å². The van der Waals surface area contributed by atoms with Gasteiger partial charge in [0.2, 0.25) is 0 Å². The first-order chi connectivity index (χ1) is 28.8. The zero-order chi connectivity index (χ0) is 38.2. The van der Waals surface area contributed by atoms with Crippen molar-refractivity contribution in [3.63, 3.8) is 0 Å². The third-order valence-electron chi connectivity index (χ3n) is 12.3. The summed E-state index contributed by atoms with van der Waals surface area (Å²) in [5.41, 5.74) is 7.23. The number of rotatable bonds is 6. The first-order valence-corrected chi connectivity index (χ1v) is 22.8. The Kier molecular flexibility index (Phi) is 7.46. The summed E-state index contributed by atoms with van der Waals surface area (Å²) in [5, 5.41) is 13.2. The quantitative estimate of drug-likeness (QED) is 0.118. The van der Waals surface area contributed by atoms with E-state index in [9.17, 15) is 0 Å². The smallest absolute Gasteiger partial charge is 0.179 e. The molecule has 272 valence electrons. The summed E-state index contributed by atoms with van der Waals surface area (Å²) in [5.74, 6) is 0. The third-order valence-corrected chi connectivity index (χ3v) is 18.2.